The maximum absolute atomic E-state index is 13.3. The molecule has 1 N–H and O–H groups in total. The number of nitrogens with one attached hydrogen (secondary N) is 1. The van der Waals surface area contributed by atoms with Crippen molar-refractivity contribution in [3.63, 3.8) is 0 Å². The van der Waals surface area contributed by atoms with Crippen LogP contribution in [0.3, 0.4) is 0 Å². The van der Waals surface area contributed by atoms with Crippen molar-refractivity contribution < 1.29 is 22.3 Å². The van der Waals surface area contributed by atoms with Crippen molar-refractivity contribution in [3.8, 4) is 0 Å². The number of anilines is 1. The molecular weight excluding hydrogens is 433 g/mol. The molecule has 1 atom stereocenters. The third kappa shape index (κ3) is 5.28. The van der Waals surface area contributed by atoms with Gasteiger partial charge in [0.1, 0.15) is 5.82 Å². The molecular formula is C23H28FN3O4S. The van der Waals surface area contributed by atoms with Crippen LogP contribution in [0.25, 0.3) is 0 Å². The maximum Gasteiger partial charge on any atom is 0.262 e. The van der Waals surface area contributed by atoms with Gasteiger partial charge in [0, 0.05) is 50.6 Å². The molecule has 2 aromatic carbocycles. The molecule has 32 heavy (non-hydrogen) atoms. The molecule has 0 radical (unpaired) electrons. The summed E-state index contributed by atoms with van der Waals surface area (Å²) in [6, 6.07) is 9.91. The van der Waals surface area contributed by atoms with Crippen LogP contribution in [-0.2, 0) is 14.8 Å². The van der Waals surface area contributed by atoms with Gasteiger partial charge in [-0.15, -0.1) is 0 Å². The highest BCUT2D eigenvalue weighted by molar-refractivity contribution is 7.92. The number of rotatable bonds is 6. The summed E-state index contributed by atoms with van der Waals surface area (Å²) in [7, 11) is -3.86. The Labute approximate surface area is 188 Å². The highest BCUT2D eigenvalue weighted by atomic mass is 32.2. The number of ether oxygens (including phenoxy) is 1. The van der Waals surface area contributed by atoms with Crippen molar-refractivity contribution in [2.24, 2.45) is 0 Å². The normalized spacial score (nSPS) is 19.8. The molecule has 0 spiro atoms. The van der Waals surface area contributed by atoms with Crippen LogP contribution in [0.1, 0.15) is 28.8 Å². The fourth-order valence-electron chi connectivity index (χ4n) is 4.20. The van der Waals surface area contributed by atoms with Gasteiger partial charge in [0.25, 0.3) is 15.9 Å². The molecule has 0 unspecified atom stereocenters. The van der Waals surface area contributed by atoms with Crippen LogP contribution >= 0.6 is 0 Å². The molecule has 0 bridgehead atoms. The Balaban J connectivity index is 1.34. The quantitative estimate of drug-likeness (QED) is 0.716. The second-order valence-electron chi connectivity index (χ2n) is 8.32. The lowest BCUT2D eigenvalue weighted by molar-refractivity contribution is 0.0432. The Hall–Kier alpha value is -2.49. The Bertz CT molecular complexity index is 1060. The molecule has 0 aromatic heterocycles. The Kier molecular flexibility index (Phi) is 6.78. The van der Waals surface area contributed by atoms with Crippen LogP contribution < -0.4 is 4.72 Å². The van der Waals surface area contributed by atoms with Gasteiger partial charge in [-0.2, -0.15) is 0 Å². The highest BCUT2D eigenvalue weighted by Gasteiger charge is 2.25. The molecule has 7 nitrogen and oxygen atoms in total. The van der Waals surface area contributed by atoms with Crippen LogP contribution in [-0.4, -0.2) is 69.6 Å². The van der Waals surface area contributed by atoms with E-state index in [0.717, 1.165) is 45.1 Å². The summed E-state index contributed by atoms with van der Waals surface area (Å²) in [6.45, 7) is 6.26. The number of hydrogen-bond acceptors (Lipinski definition) is 5. The monoisotopic (exact) mass is 461 g/mol. The topological polar surface area (TPSA) is 79.0 Å². The van der Waals surface area contributed by atoms with Gasteiger partial charge in [0.05, 0.1) is 11.0 Å². The van der Waals surface area contributed by atoms with Crippen LogP contribution in [0, 0.1) is 12.7 Å². The molecule has 0 aliphatic carbocycles. The standard InChI is InChI=1S/C23H28FN3O4S/c1-17-15-19(24)6-9-22(17)32(29,30)25-20-7-4-18(5-8-20)23(28)27-12-10-26(11-13-27)16-21-3-2-14-31-21/h4-9,15,21,25H,2-3,10-14,16H2,1H3/t21-/m0/s1. The first-order chi connectivity index (χ1) is 15.3. The lowest BCUT2D eigenvalue weighted by Gasteiger charge is -2.35. The largest absolute Gasteiger partial charge is 0.377 e. The van der Waals surface area contributed by atoms with Crippen LogP contribution in [0.5, 0.6) is 0 Å². The molecule has 2 aliphatic rings. The van der Waals surface area contributed by atoms with Crippen LogP contribution in [0.2, 0.25) is 0 Å². The number of piperazine rings is 1. The number of amides is 1. The van der Waals surface area contributed by atoms with E-state index in [9.17, 15) is 17.6 Å². The second kappa shape index (κ2) is 9.56. The summed E-state index contributed by atoms with van der Waals surface area (Å²) in [6.07, 6.45) is 2.54. The van der Waals surface area contributed by atoms with E-state index in [1.807, 2.05) is 4.90 Å². The van der Waals surface area contributed by atoms with Crippen molar-refractivity contribution in [1.29, 1.82) is 0 Å². The number of aryl methyl sites for hydroxylation is 1. The minimum atomic E-state index is -3.86. The molecule has 2 heterocycles. The van der Waals surface area contributed by atoms with Gasteiger partial charge in [-0.3, -0.25) is 14.4 Å². The predicted octanol–water partition coefficient (Wildman–Crippen LogP) is 2.87. The smallest absolute Gasteiger partial charge is 0.262 e. The lowest BCUT2D eigenvalue weighted by atomic mass is 10.1. The summed E-state index contributed by atoms with van der Waals surface area (Å²) < 4.78 is 46.7. The zero-order chi connectivity index (χ0) is 22.7. The number of nitrogens with zero attached hydrogens (tertiary/aromatic N) is 2. The van der Waals surface area contributed by atoms with E-state index in [1.54, 1.807) is 31.2 Å². The van der Waals surface area contributed by atoms with E-state index < -0.39 is 15.8 Å². The molecule has 2 fully saturated rings. The van der Waals surface area contributed by atoms with Gasteiger partial charge in [0.15, 0.2) is 0 Å². The predicted molar refractivity (Wildman–Crippen MR) is 120 cm³/mol. The van der Waals surface area contributed by atoms with Gasteiger partial charge >= 0.3 is 0 Å². The SMILES string of the molecule is Cc1cc(F)ccc1S(=O)(=O)Nc1ccc(C(=O)N2CCN(C[C@@H]3CCCO3)CC2)cc1. The third-order valence-electron chi connectivity index (χ3n) is 5.96. The van der Waals surface area contributed by atoms with Gasteiger partial charge in [-0.25, -0.2) is 12.8 Å². The Morgan fingerprint density at radius 2 is 1.84 bits per heavy atom. The molecule has 4 rings (SSSR count). The van der Waals surface area contributed by atoms with E-state index in [4.69, 9.17) is 4.74 Å². The lowest BCUT2D eigenvalue weighted by Crippen LogP contribution is -2.50. The van der Waals surface area contributed by atoms with Gasteiger partial charge < -0.3 is 9.64 Å². The van der Waals surface area contributed by atoms with Crippen molar-refractivity contribution in [1.82, 2.24) is 9.80 Å². The number of sulfonamides is 1. The first kappa shape index (κ1) is 22.7. The number of carbonyl (C=O) groups is 1. The fourth-order valence-corrected chi connectivity index (χ4v) is 5.48. The molecule has 9 heteroatoms. The summed E-state index contributed by atoms with van der Waals surface area (Å²) in [5.41, 5.74) is 1.17. The minimum Gasteiger partial charge on any atom is -0.377 e. The van der Waals surface area contributed by atoms with E-state index in [-0.39, 0.29) is 10.8 Å². The third-order valence-corrected chi connectivity index (χ3v) is 7.50. The maximum atomic E-state index is 13.3. The average Bonchev–Trinajstić information content (AvgIpc) is 3.27. The molecule has 1 amide bonds. The van der Waals surface area contributed by atoms with Crippen molar-refractivity contribution in [2.45, 2.75) is 30.8 Å². The molecule has 172 valence electrons. The Morgan fingerprint density at radius 1 is 1.12 bits per heavy atom. The van der Waals surface area contributed by atoms with Crippen molar-refractivity contribution >= 4 is 21.6 Å². The number of hydrogen-bond donors (Lipinski definition) is 1. The summed E-state index contributed by atoms with van der Waals surface area (Å²) in [5.74, 6) is -0.553. The first-order valence-corrected chi connectivity index (χ1v) is 12.3. The van der Waals surface area contributed by atoms with E-state index >= 15 is 0 Å². The van der Waals surface area contributed by atoms with E-state index in [1.165, 1.54) is 12.1 Å². The molecule has 2 aliphatic heterocycles. The van der Waals surface area contributed by atoms with Crippen molar-refractivity contribution in [3.05, 3.63) is 59.4 Å². The average molecular weight is 462 g/mol. The molecule has 0 saturated carbocycles. The number of benzene rings is 2. The molecule has 2 saturated heterocycles. The van der Waals surface area contributed by atoms with Gasteiger partial charge in [-0.05, 0) is 67.8 Å². The summed E-state index contributed by atoms with van der Waals surface area (Å²) in [5, 5.41) is 0. The van der Waals surface area contributed by atoms with Gasteiger partial charge in [0.2, 0.25) is 0 Å². The number of halogens is 1. The first-order valence-electron chi connectivity index (χ1n) is 10.8. The second-order valence-corrected chi connectivity index (χ2v) is 9.97. The summed E-state index contributed by atoms with van der Waals surface area (Å²) >= 11 is 0. The van der Waals surface area contributed by atoms with Crippen molar-refractivity contribution in [2.75, 3.05) is 44.1 Å². The van der Waals surface area contributed by atoms with E-state index in [2.05, 4.69) is 9.62 Å². The van der Waals surface area contributed by atoms with Crippen LogP contribution in [0.15, 0.2) is 47.4 Å². The Morgan fingerprint density at radius 3 is 2.47 bits per heavy atom. The van der Waals surface area contributed by atoms with E-state index in [0.29, 0.717) is 36.0 Å². The zero-order valence-electron chi connectivity index (χ0n) is 18.1. The zero-order valence-corrected chi connectivity index (χ0v) is 18.9. The molecule has 2 aromatic rings. The van der Waals surface area contributed by atoms with Gasteiger partial charge in [-0.1, -0.05) is 0 Å². The summed E-state index contributed by atoms with van der Waals surface area (Å²) in [4.78, 5) is 17.0. The number of carbonyl (C=O) groups excluding carboxylic acids is 1. The van der Waals surface area contributed by atoms with Crippen LogP contribution in [0.4, 0.5) is 10.1 Å². The minimum absolute atomic E-state index is 0.0138. The fraction of sp³-hybridized carbons (Fsp3) is 0.435. The highest BCUT2D eigenvalue weighted by Crippen LogP contribution is 2.21.